The average Bonchev–Trinajstić information content (AvgIpc) is 3.41. The third-order valence-electron chi connectivity index (χ3n) is 5.99. The summed E-state index contributed by atoms with van der Waals surface area (Å²) in [4.78, 5) is 25.5. The SMILES string of the molecule is O=C1[C@@H]2[C@H](C(=O)N1/N=C\c1ccccc1OCc1ccc(Cl)cc1)[C@H]1C=C[C@H]2C1. The van der Waals surface area contributed by atoms with Crippen molar-refractivity contribution < 1.29 is 14.3 Å². The van der Waals surface area contributed by atoms with Crippen molar-refractivity contribution in [2.45, 2.75) is 13.0 Å². The third-order valence-corrected chi connectivity index (χ3v) is 6.24. The molecule has 2 fully saturated rings. The number of halogens is 1. The Morgan fingerprint density at radius 3 is 2.34 bits per heavy atom. The predicted molar refractivity (Wildman–Crippen MR) is 109 cm³/mol. The first-order chi connectivity index (χ1) is 14.1. The Hall–Kier alpha value is -2.92. The number of hydrazone groups is 1. The van der Waals surface area contributed by atoms with Gasteiger partial charge in [-0.05, 0) is 48.1 Å². The number of imide groups is 1. The largest absolute Gasteiger partial charge is 0.488 e. The van der Waals surface area contributed by atoms with Gasteiger partial charge in [-0.3, -0.25) is 9.59 Å². The normalized spacial score (nSPS) is 27.3. The van der Waals surface area contributed by atoms with Gasteiger partial charge in [0.2, 0.25) is 0 Å². The van der Waals surface area contributed by atoms with E-state index in [1.807, 2.05) is 48.5 Å². The summed E-state index contributed by atoms with van der Waals surface area (Å²) in [6.07, 6.45) is 6.59. The molecular weight excluding hydrogens is 388 g/mol. The fourth-order valence-electron chi connectivity index (χ4n) is 4.58. The molecule has 0 N–H and O–H groups in total. The van der Waals surface area contributed by atoms with Crippen LogP contribution in [0.25, 0.3) is 0 Å². The van der Waals surface area contributed by atoms with Gasteiger partial charge in [-0.2, -0.15) is 10.1 Å². The highest BCUT2D eigenvalue weighted by atomic mass is 35.5. The quantitative estimate of drug-likeness (QED) is 0.427. The van der Waals surface area contributed by atoms with Gasteiger partial charge in [0, 0.05) is 10.6 Å². The van der Waals surface area contributed by atoms with Gasteiger partial charge in [0.1, 0.15) is 12.4 Å². The van der Waals surface area contributed by atoms with Crippen LogP contribution in [0.15, 0.2) is 65.8 Å². The molecule has 5 rings (SSSR count). The second-order valence-electron chi connectivity index (χ2n) is 7.69. The van der Waals surface area contributed by atoms with Crippen molar-refractivity contribution in [2.24, 2.45) is 28.8 Å². The Bertz CT molecular complexity index is 1000. The lowest BCUT2D eigenvalue weighted by Gasteiger charge is -2.13. The van der Waals surface area contributed by atoms with Crippen molar-refractivity contribution in [3.05, 3.63) is 76.8 Å². The molecule has 1 saturated carbocycles. The van der Waals surface area contributed by atoms with Gasteiger partial charge in [0.15, 0.2) is 0 Å². The molecule has 0 aromatic heterocycles. The summed E-state index contributed by atoms with van der Waals surface area (Å²) >= 11 is 5.92. The van der Waals surface area contributed by atoms with Gasteiger partial charge in [0.25, 0.3) is 11.8 Å². The fourth-order valence-corrected chi connectivity index (χ4v) is 4.71. The maximum atomic E-state index is 12.7. The van der Waals surface area contributed by atoms with Gasteiger partial charge in [-0.15, -0.1) is 0 Å². The zero-order chi connectivity index (χ0) is 20.0. The summed E-state index contributed by atoms with van der Waals surface area (Å²) < 4.78 is 5.92. The van der Waals surface area contributed by atoms with Crippen molar-refractivity contribution >= 4 is 29.6 Å². The van der Waals surface area contributed by atoms with E-state index in [2.05, 4.69) is 17.3 Å². The van der Waals surface area contributed by atoms with E-state index in [9.17, 15) is 9.59 Å². The summed E-state index contributed by atoms with van der Waals surface area (Å²) in [5.41, 5.74) is 1.70. The monoisotopic (exact) mass is 406 g/mol. The molecule has 5 nitrogen and oxygen atoms in total. The number of hydrogen-bond donors (Lipinski definition) is 0. The van der Waals surface area contributed by atoms with Crippen molar-refractivity contribution in [3.63, 3.8) is 0 Å². The third kappa shape index (κ3) is 3.15. The minimum atomic E-state index is -0.244. The highest BCUT2D eigenvalue weighted by Crippen LogP contribution is 2.52. The molecule has 2 aromatic carbocycles. The van der Waals surface area contributed by atoms with Crippen LogP contribution in [0.2, 0.25) is 5.02 Å². The molecule has 1 aliphatic heterocycles. The maximum Gasteiger partial charge on any atom is 0.254 e. The summed E-state index contributed by atoms with van der Waals surface area (Å²) in [5.74, 6) is 0.123. The Labute approximate surface area is 173 Å². The minimum absolute atomic E-state index is 0.177. The number of para-hydroxylation sites is 1. The molecule has 29 heavy (non-hydrogen) atoms. The van der Waals surface area contributed by atoms with Crippen molar-refractivity contribution in [3.8, 4) is 5.75 Å². The fraction of sp³-hybridized carbons (Fsp3) is 0.261. The molecule has 0 spiro atoms. The van der Waals surface area contributed by atoms with Crippen LogP contribution in [0.1, 0.15) is 17.5 Å². The highest BCUT2D eigenvalue weighted by molar-refractivity contribution is 6.30. The van der Waals surface area contributed by atoms with E-state index in [-0.39, 0.29) is 35.5 Å². The Kier molecular flexibility index (Phi) is 4.47. The first-order valence-electron chi connectivity index (χ1n) is 9.68. The molecule has 1 saturated heterocycles. The molecule has 2 aliphatic carbocycles. The smallest absolute Gasteiger partial charge is 0.254 e. The molecule has 3 aliphatic rings. The minimum Gasteiger partial charge on any atom is -0.488 e. The van der Waals surface area contributed by atoms with Gasteiger partial charge in [-0.25, -0.2) is 0 Å². The van der Waals surface area contributed by atoms with E-state index in [0.717, 1.165) is 17.0 Å². The number of allylic oxidation sites excluding steroid dienone is 2. The molecule has 2 bridgehead atoms. The lowest BCUT2D eigenvalue weighted by molar-refractivity contribution is -0.140. The number of benzene rings is 2. The Balaban J connectivity index is 1.32. The molecule has 0 radical (unpaired) electrons. The number of ether oxygens (including phenoxy) is 1. The Morgan fingerprint density at radius 1 is 1.00 bits per heavy atom. The number of hydrogen-bond acceptors (Lipinski definition) is 4. The van der Waals surface area contributed by atoms with Gasteiger partial charge in [0.05, 0.1) is 18.1 Å². The first kappa shape index (κ1) is 18.1. The van der Waals surface area contributed by atoms with Gasteiger partial charge >= 0.3 is 0 Å². The van der Waals surface area contributed by atoms with E-state index < -0.39 is 0 Å². The van der Waals surface area contributed by atoms with E-state index in [1.54, 1.807) is 0 Å². The van der Waals surface area contributed by atoms with Crippen LogP contribution in [-0.2, 0) is 16.2 Å². The van der Waals surface area contributed by atoms with Crippen molar-refractivity contribution in [1.82, 2.24) is 5.01 Å². The second kappa shape index (κ2) is 7.16. The molecule has 0 unspecified atom stereocenters. The summed E-state index contributed by atoms with van der Waals surface area (Å²) in [5, 5.41) is 5.97. The van der Waals surface area contributed by atoms with E-state index in [4.69, 9.17) is 16.3 Å². The molecule has 146 valence electrons. The number of fused-ring (bicyclic) bond motifs is 5. The van der Waals surface area contributed by atoms with Crippen LogP contribution < -0.4 is 4.74 Å². The molecule has 6 heteroatoms. The molecule has 1 heterocycles. The lowest BCUT2D eigenvalue weighted by Crippen LogP contribution is -2.28. The molecular formula is C23H19ClN2O3. The topological polar surface area (TPSA) is 59.0 Å². The van der Waals surface area contributed by atoms with Crippen molar-refractivity contribution in [2.75, 3.05) is 0 Å². The van der Waals surface area contributed by atoms with Crippen molar-refractivity contribution in [1.29, 1.82) is 0 Å². The van der Waals surface area contributed by atoms with Crippen LogP contribution in [0.5, 0.6) is 5.75 Å². The summed E-state index contributed by atoms with van der Waals surface area (Å²) in [6.45, 7) is 0.378. The first-order valence-corrected chi connectivity index (χ1v) is 10.1. The maximum absolute atomic E-state index is 12.7. The van der Waals surface area contributed by atoms with E-state index in [1.165, 1.54) is 6.21 Å². The van der Waals surface area contributed by atoms with Crippen LogP contribution in [-0.4, -0.2) is 23.0 Å². The molecule has 2 aromatic rings. The zero-order valence-corrected chi connectivity index (χ0v) is 16.3. The van der Waals surface area contributed by atoms with Crippen LogP contribution in [0, 0.1) is 23.7 Å². The number of nitrogens with zero attached hydrogens (tertiary/aromatic N) is 2. The summed E-state index contributed by atoms with van der Waals surface area (Å²) in [6, 6.07) is 14.9. The van der Waals surface area contributed by atoms with Crippen LogP contribution in [0.4, 0.5) is 0 Å². The second-order valence-corrected chi connectivity index (χ2v) is 8.12. The van der Waals surface area contributed by atoms with Crippen LogP contribution >= 0.6 is 11.6 Å². The average molecular weight is 407 g/mol. The lowest BCUT2D eigenvalue weighted by atomic mass is 9.85. The number of rotatable bonds is 5. The van der Waals surface area contributed by atoms with E-state index in [0.29, 0.717) is 22.9 Å². The number of amides is 2. The Morgan fingerprint density at radius 2 is 1.66 bits per heavy atom. The highest BCUT2D eigenvalue weighted by Gasteiger charge is 2.59. The number of carbonyl (C=O) groups excluding carboxylic acids is 2. The molecule has 4 atom stereocenters. The molecule has 2 amide bonds. The standard InChI is InChI=1S/C23H19ClN2O3/c24-18-9-5-14(6-10-18)13-29-19-4-2-1-3-17(19)12-25-26-22(27)20-15-7-8-16(11-15)21(20)23(26)28/h1-10,12,15-16,20-21H,11,13H2/b25-12-/t15-,16-,20-,21+/m0/s1. The van der Waals surface area contributed by atoms with Crippen LogP contribution in [0.3, 0.4) is 0 Å². The zero-order valence-electron chi connectivity index (χ0n) is 15.6. The predicted octanol–water partition coefficient (Wildman–Crippen LogP) is 4.06. The number of carbonyl (C=O) groups is 2. The summed E-state index contributed by atoms with van der Waals surface area (Å²) in [7, 11) is 0. The van der Waals surface area contributed by atoms with Gasteiger partial charge in [-0.1, -0.05) is 48.0 Å². The van der Waals surface area contributed by atoms with E-state index >= 15 is 0 Å². The van der Waals surface area contributed by atoms with Gasteiger partial charge < -0.3 is 4.74 Å².